The van der Waals surface area contributed by atoms with Crippen LogP contribution in [0.1, 0.15) is 18.9 Å². The molecule has 0 amide bonds. The molecule has 0 spiro atoms. The summed E-state index contributed by atoms with van der Waals surface area (Å²) in [5, 5.41) is 13.0. The molecule has 82 valence electrons. The number of benzene rings is 1. The molecule has 3 nitrogen and oxygen atoms in total. The third kappa shape index (κ3) is 2.42. The Hall–Kier alpha value is -1.22. The van der Waals surface area contributed by atoms with Gasteiger partial charge in [-0.05, 0) is 30.0 Å². The van der Waals surface area contributed by atoms with Crippen molar-refractivity contribution in [3.05, 3.63) is 23.8 Å². The van der Waals surface area contributed by atoms with Crippen LogP contribution in [-0.2, 0) is 6.54 Å². The molecule has 0 heterocycles. The molecule has 0 radical (unpaired) electrons. The van der Waals surface area contributed by atoms with Crippen LogP contribution in [0.5, 0.6) is 11.5 Å². The first-order valence-electron chi connectivity index (χ1n) is 5.30. The Morgan fingerprint density at radius 3 is 2.80 bits per heavy atom. The number of rotatable bonds is 4. The molecule has 3 heteroatoms. The summed E-state index contributed by atoms with van der Waals surface area (Å²) in [6, 6.07) is 6.18. The van der Waals surface area contributed by atoms with Crippen molar-refractivity contribution in [3.63, 3.8) is 0 Å². The molecule has 2 unspecified atom stereocenters. The number of methoxy groups -OCH3 is 1. The highest BCUT2D eigenvalue weighted by Crippen LogP contribution is 2.30. The number of phenols is 1. The van der Waals surface area contributed by atoms with Gasteiger partial charge in [-0.1, -0.05) is 13.0 Å². The van der Waals surface area contributed by atoms with Gasteiger partial charge in [-0.2, -0.15) is 0 Å². The van der Waals surface area contributed by atoms with Gasteiger partial charge in [-0.25, -0.2) is 0 Å². The normalized spacial score (nSPS) is 23.9. The molecule has 2 atom stereocenters. The van der Waals surface area contributed by atoms with Crippen molar-refractivity contribution in [2.75, 3.05) is 7.11 Å². The van der Waals surface area contributed by atoms with Crippen molar-refractivity contribution in [2.45, 2.75) is 25.9 Å². The van der Waals surface area contributed by atoms with E-state index < -0.39 is 0 Å². The second kappa shape index (κ2) is 4.11. The lowest BCUT2D eigenvalue weighted by Crippen LogP contribution is -2.16. The summed E-state index contributed by atoms with van der Waals surface area (Å²) in [5.41, 5.74) is 1.09. The summed E-state index contributed by atoms with van der Waals surface area (Å²) in [7, 11) is 1.55. The van der Waals surface area contributed by atoms with Crippen LogP contribution in [0, 0.1) is 5.92 Å². The molecule has 0 bridgehead atoms. The van der Waals surface area contributed by atoms with Gasteiger partial charge in [-0.3, -0.25) is 0 Å². The van der Waals surface area contributed by atoms with Gasteiger partial charge >= 0.3 is 0 Å². The smallest absolute Gasteiger partial charge is 0.160 e. The lowest BCUT2D eigenvalue weighted by Gasteiger charge is -2.07. The van der Waals surface area contributed by atoms with Crippen LogP contribution in [0.25, 0.3) is 0 Å². The Labute approximate surface area is 90.1 Å². The molecule has 0 aromatic heterocycles. The molecule has 1 aromatic rings. The maximum absolute atomic E-state index is 9.57. The monoisotopic (exact) mass is 207 g/mol. The summed E-state index contributed by atoms with van der Waals surface area (Å²) in [6.45, 7) is 3.05. The summed E-state index contributed by atoms with van der Waals surface area (Å²) in [4.78, 5) is 0. The van der Waals surface area contributed by atoms with Gasteiger partial charge < -0.3 is 15.2 Å². The van der Waals surface area contributed by atoms with Crippen LogP contribution in [0.2, 0.25) is 0 Å². The topological polar surface area (TPSA) is 41.5 Å². The first-order chi connectivity index (χ1) is 7.20. The molecule has 0 saturated heterocycles. The number of ether oxygens (including phenoxy) is 1. The first-order valence-corrected chi connectivity index (χ1v) is 5.30. The third-order valence-electron chi connectivity index (χ3n) is 2.92. The molecule has 2 rings (SSSR count). The van der Waals surface area contributed by atoms with Crippen LogP contribution in [-0.4, -0.2) is 18.3 Å². The van der Waals surface area contributed by atoms with Gasteiger partial charge in [0.1, 0.15) is 0 Å². The van der Waals surface area contributed by atoms with E-state index in [2.05, 4.69) is 12.2 Å². The average molecular weight is 207 g/mol. The van der Waals surface area contributed by atoms with Crippen molar-refractivity contribution in [1.82, 2.24) is 5.32 Å². The van der Waals surface area contributed by atoms with Crippen LogP contribution in [0.4, 0.5) is 0 Å². The highest BCUT2D eigenvalue weighted by molar-refractivity contribution is 5.41. The molecule has 1 aliphatic carbocycles. The van der Waals surface area contributed by atoms with Crippen LogP contribution in [0.3, 0.4) is 0 Å². The third-order valence-corrected chi connectivity index (χ3v) is 2.92. The zero-order chi connectivity index (χ0) is 10.8. The minimum atomic E-state index is 0.209. The standard InChI is InChI=1S/C12H17NO2/c1-8-5-10(8)13-7-9-3-4-12(15-2)11(14)6-9/h3-4,6,8,10,13-14H,5,7H2,1-2H3. The van der Waals surface area contributed by atoms with E-state index in [0.717, 1.165) is 18.0 Å². The molecular weight excluding hydrogens is 190 g/mol. The van der Waals surface area contributed by atoms with Crippen LogP contribution < -0.4 is 10.1 Å². The minimum Gasteiger partial charge on any atom is -0.504 e. The SMILES string of the molecule is COc1ccc(CNC2CC2C)cc1O. The van der Waals surface area contributed by atoms with Crippen LogP contribution in [0.15, 0.2) is 18.2 Å². The van der Waals surface area contributed by atoms with Crippen LogP contribution >= 0.6 is 0 Å². The maximum atomic E-state index is 9.57. The van der Waals surface area contributed by atoms with E-state index in [1.807, 2.05) is 6.07 Å². The average Bonchev–Trinajstić information content (AvgIpc) is 2.92. The van der Waals surface area contributed by atoms with Crippen molar-refractivity contribution >= 4 is 0 Å². The molecular formula is C12H17NO2. The maximum Gasteiger partial charge on any atom is 0.160 e. The molecule has 1 saturated carbocycles. The Morgan fingerprint density at radius 1 is 1.53 bits per heavy atom. The predicted molar refractivity (Wildman–Crippen MR) is 59.1 cm³/mol. The molecule has 0 aliphatic heterocycles. The van der Waals surface area contributed by atoms with E-state index in [1.165, 1.54) is 6.42 Å². The second-order valence-electron chi connectivity index (χ2n) is 4.21. The lowest BCUT2D eigenvalue weighted by atomic mass is 10.2. The molecule has 2 N–H and O–H groups in total. The van der Waals surface area contributed by atoms with Gasteiger partial charge in [0.05, 0.1) is 7.11 Å². The Kier molecular flexibility index (Phi) is 2.82. The summed E-state index contributed by atoms with van der Waals surface area (Å²) >= 11 is 0. The zero-order valence-corrected chi connectivity index (χ0v) is 9.16. The summed E-state index contributed by atoms with van der Waals surface area (Å²) in [5.74, 6) is 1.54. The number of aromatic hydroxyl groups is 1. The van der Waals surface area contributed by atoms with E-state index in [-0.39, 0.29) is 5.75 Å². The number of phenolic OH excluding ortho intramolecular Hbond substituents is 1. The number of hydrogen-bond donors (Lipinski definition) is 2. The second-order valence-corrected chi connectivity index (χ2v) is 4.21. The molecule has 15 heavy (non-hydrogen) atoms. The van der Waals surface area contributed by atoms with Crippen molar-refractivity contribution in [3.8, 4) is 11.5 Å². The fourth-order valence-electron chi connectivity index (χ4n) is 1.70. The Balaban J connectivity index is 1.94. The van der Waals surface area contributed by atoms with Gasteiger partial charge in [0.15, 0.2) is 11.5 Å². The van der Waals surface area contributed by atoms with E-state index in [4.69, 9.17) is 4.74 Å². The number of nitrogens with one attached hydrogen (secondary N) is 1. The summed E-state index contributed by atoms with van der Waals surface area (Å²) < 4.78 is 4.98. The highest BCUT2D eigenvalue weighted by atomic mass is 16.5. The summed E-state index contributed by atoms with van der Waals surface area (Å²) in [6.07, 6.45) is 1.27. The Bertz CT molecular complexity index is 351. The van der Waals surface area contributed by atoms with E-state index in [9.17, 15) is 5.11 Å². The first kappa shape index (κ1) is 10.3. The van der Waals surface area contributed by atoms with E-state index >= 15 is 0 Å². The van der Waals surface area contributed by atoms with Gasteiger partial charge in [0.2, 0.25) is 0 Å². The largest absolute Gasteiger partial charge is 0.504 e. The number of hydrogen-bond acceptors (Lipinski definition) is 3. The fraction of sp³-hybridized carbons (Fsp3) is 0.500. The molecule has 1 fully saturated rings. The van der Waals surface area contributed by atoms with Gasteiger partial charge in [0, 0.05) is 12.6 Å². The van der Waals surface area contributed by atoms with Crippen molar-refractivity contribution < 1.29 is 9.84 Å². The predicted octanol–water partition coefficient (Wildman–Crippen LogP) is 1.90. The highest BCUT2D eigenvalue weighted by Gasteiger charge is 2.31. The Morgan fingerprint density at radius 2 is 2.27 bits per heavy atom. The van der Waals surface area contributed by atoms with Gasteiger partial charge in [-0.15, -0.1) is 0 Å². The van der Waals surface area contributed by atoms with E-state index in [1.54, 1.807) is 19.2 Å². The molecule has 1 aliphatic rings. The van der Waals surface area contributed by atoms with E-state index in [0.29, 0.717) is 11.8 Å². The zero-order valence-electron chi connectivity index (χ0n) is 9.16. The minimum absolute atomic E-state index is 0.209. The fourth-order valence-corrected chi connectivity index (χ4v) is 1.70. The van der Waals surface area contributed by atoms with Crippen molar-refractivity contribution in [2.24, 2.45) is 5.92 Å². The quantitative estimate of drug-likeness (QED) is 0.792. The van der Waals surface area contributed by atoms with Crippen molar-refractivity contribution in [1.29, 1.82) is 0 Å². The van der Waals surface area contributed by atoms with Gasteiger partial charge in [0.25, 0.3) is 0 Å². The lowest BCUT2D eigenvalue weighted by molar-refractivity contribution is 0.373. The molecule has 1 aromatic carbocycles.